The molecule has 0 fully saturated rings. The van der Waals surface area contributed by atoms with Crippen LogP contribution in [-0.2, 0) is 0 Å². The molecule has 0 atom stereocenters. The maximum absolute atomic E-state index is 9.78. The summed E-state index contributed by atoms with van der Waals surface area (Å²) in [5, 5.41) is 39.1. The minimum Gasteiger partial charge on any atom is -0.424 e. The van der Waals surface area contributed by atoms with Gasteiger partial charge in [0.2, 0.25) is 11.9 Å². The number of benzene rings is 6. The van der Waals surface area contributed by atoms with Crippen molar-refractivity contribution < 1.29 is 39.4 Å². The summed E-state index contributed by atoms with van der Waals surface area (Å²) in [6.07, 6.45) is 0. The first-order valence-corrected chi connectivity index (χ1v) is 21.2. The molecule has 0 saturated carbocycles. The zero-order chi connectivity index (χ0) is 45.2. The molecule has 6 aromatic carbocycles. The molecular formula is C50H44N8O8. The highest BCUT2D eigenvalue weighted by Gasteiger charge is 2.19. The van der Waals surface area contributed by atoms with E-state index < -0.39 is 0 Å². The van der Waals surface area contributed by atoms with E-state index in [1.165, 1.54) is 0 Å². The molecular weight excluding hydrogens is 841 g/mol. The molecule has 15 rings (SSSR count). The summed E-state index contributed by atoms with van der Waals surface area (Å²) < 4.78 is 24.7. The lowest BCUT2D eigenvalue weighted by molar-refractivity contribution is 0.278. The van der Waals surface area contributed by atoms with Crippen molar-refractivity contribution in [3.05, 3.63) is 146 Å². The molecule has 0 radical (unpaired) electrons. The monoisotopic (exact) mass is 884 g/mol. The van der Waals surface area contributed by atoms with E-state index in [0.29, 0.717) is 23.0 Å². The second-order valence-electron chi connectivity index (χ2n) is 14.9. The summed E-state index contributed by atoms with van der Waals surface area (Å²) in [6, 6.07) is 46.2. The Balaban J connectivity index is 1.09. The van der Waals surface area contributed by atoms with E-state index in [-0.39, 0.29) is 88.5 Å². The van der Waals surface area contributed by atoms with E-state index >= 15 is 0 Å². The number of nitrogens with zero attached hydrogens (tertiary/aromatic N) is 8. The normalized spacial score (nSPS) is 11.7. The Bertz CT molecular complexity index is 2510. The number of ether oxygens (including phenoxy) is 4. The first-order valence-electron chi connectivity index (χ1n) is 21.2. The second kappa shape index (κ2) is 20.2. The first-order chi connectivity index (χ1) is 32.4. The fraction of sp³-hybridized carbons (Fsp3) is 0.160. The highest BCUT2D eigenvalue weighted by Crippen LogP contribution is 2.34. The minimum absolute atomic E-state index is 0.0289. The van der Waals surface area contributed by atoms with E-state index in [2.05, 4.69) is 42.0 Å². The van der Waals surface area contributed by atoms with Crippen LogP contribution in [0.3, 0.4) is 0 Å². The molecule has 16 nitrogen and oxygen atoms in total. The van der Waals surface area contributed by atoms with E-state index in [0.717, 1.165) is 44.5 Å². The molecule has 0 saturated heterocycles. The molecule has 16 heteroatoms. The SMILES string of the molecule is OCCN(CCO)c1nc2nc(n1)Oc1ccc(cc1)-c1cccc(c1)-c1ccc(cc1)Oc1nc(nc(N(CCO)CCO)n1)Oc1ccc(cc1)-c1cccc(c1)-c1ccc(cc1)O2. The van der Waals surface area contributed by atoms with Gasteiger partial charge in [0.05, 0.1) is 26.4 Å². The molecule has 0 amide bonds. The third-order valence-electron chi connectivity index (χ3n) is 10.5. The lowest BCUT2D eigenvalue weighted by atomic mass is 9.99. The summed E-state index contributed by atoms with van der Waals surface area (Å²) in [5.74, 6) is 2.22. The van der Waals surface area contributed by atoms with E-state index in [1.54, 1.807) is 9.80 Å². The Kier molecular flexibility index (Phi) is 13.2. The van der Waals surface area contributed by atoms with Crippen molar-refractivity contribution in [2.24, 2.45) is 0 Å². The Morgan fingerprint density at radius 3 is 0.773 bits per heavy atom. The Morgan fingerprint density at radius 2 is 0.545 bits per heavy atom. The molecule has 16 bridgehead atoms. The molecule has 66 heavy (non-hydrogen) atoms. The third-order valence-corrected chi connectivity index (χ3v) is 10.5. The summed E-state index contributed by atoms with van der Waals surface area (Å²) in [5.41, 5.74) is 7.67. The number of aromatic nitrogens is 6. The van der Waals surface area contributed by atoms with E-state index in [1.807, 2.05) is 133 Å². The van der Waals surface area contributed by atoms with Crippen molar-refractivity contribution in [2.75, 3.05) is 62.4 Å². The number of aliphatic hydroxyl groups excluding tert-OH is 4. The summed E-state index contributed by atoms with van der Waals surface area (Å²) in [4.78, 5) is 30.3. The average Bonchev–Trinajstić information content (AvgIpc) is 3.34. The molecule has 0 aliphatic carbocycles. The van der Waals surface area contributed by atoms with Gasteiger partial charge in [-0.3, -0.25) is 0 Å². The quantitative estimate of drug-likeness (QED) is 0.104. The number of anilines is 2. The first kappa shape index (κ1) is 43.2. The number of aliphatic hydroxyl groups is 4. The zero-order valence-electron chi connectivity index (χ0n) is 35.5. The van der Waals surface area contributed by atoms with E-state index in [9.17, 15) is 20.4 Å². The lowest BCUT2D eigenvalue weighted by Crippen LogP contribution is -2.31. The van der Waals surface area contributed by atoms with Crippen LogP contribution in [-0.4, -0.2) is 103 Å². The van der Waals surface area contributed by atoms with Gasteiger partial charge in [-0.25, -0.2) is 0 Å². The molecule has 0 spiro atoms. The van der Waals surface area contributed by atoms with Gasteiger partial charge in [-0.05, 0) is 105 Å². The van der Waals surface area contributed by atoms with Crippen LogP contribution in [0.15, 0.2) is 146 Å². The van der Waals surface area contributed by atoms with Gasteiger partial charge in [0.15, 0.2) is 0 Å². The maximum atomic E-state index is 9.78. The largest absolute Gasteiger partial charge is 0.424 e. The van der Waals surface area contributed by atoms with Gasteiger partial charge in [0, 0.05) is 26.2 Å². The summed E-state index contributed by atoms with van der Waals surface area (Å²) in [6.45, 7) is -0.0889. The van der Waals surface area contributed by atoms with Crippen LogP contribution in [0.2, 0.25) is 0 Å². The van der Waals surface area contributed by atoms with Gasteiger partial charge in [0.1, 0.15) is 23.0 Å². The predicted molar refractivity (Wildman–Crippen MR) is 247 cm³/mol. The molecule has 332 valence electrons. The van der Waals surface area contributed by atoms with Gasteiger partial charge >= 0.3 is 24.0 Å². The standard InChI is InChI=1S/C50H44N8O8/c59-27-23-57(24-28-60)45-51-47-55-49(53-45)65-43-19-11-35(12-20-43)39-5-2-6-40(32-39)36-13-21-44(22-14-36)66-50-54-46(58(25-29-61)26-30-62)52-48(56-50)64-42-17-9-34(10-18-42)38-4-1-3-37(31-38)33-7-15-41(63-47)16-8-33/h1-22,31-32,59-62H,23-30H2. The van der Waals surface area contributed by atoms with Gasteiger partial charge < -0.3 is 49.2 Å². The zero-order valence-corrected chi connectivity index (χ0v) is 35.5. The van der Waals surface area contributed by atoms with E-state index in [4.69, 9.17) is 18.9 Å². The van der Waals surface area contributed by atoms with Crippen LogP contribution in [0.5, 0.6) is 47.0 Å². The van der Waals surface area contributed by atoms with Crippen LogP contribution in [0.25, 0.3) is 44.5 Å². The van der Waals surface area contributed by atoms with Crippen molar-refractivity contribution in [2.45, 2.75) is 0 Å². The summed E-state index contributed by atoms with van der Waals surface area (Å²) >= 11 is 0. The smallest absolute Gasteiger partial charge is 0.330 e. The van der Waals surface area contributed by atoms with Crippen molar-refractivity contribution in [1.82, 2.24) is 29.9 Å². The number of rotatable bonds is 10. The molecule has 2 aromatic heterocycles. The third kappa shape index (κ3) is 10.3. The summed E-state index contributed by atoms with van der Waals surface area (Å²) in [7, 11) is 0. The molecule has 4 N–H and O–H groups in total. The van der Waals surface area contributed by atoms with Gasteiger partial charge in [-0.15, -0.1) is 9.97 Å². The highest BCUT2D eigenvalue weighted by molar-refractivity contribution is 5.75. The minimum atomic E-state index is -0.189. The molecule has 7 aliphatic heterocycles. The van der Waals surface area contributed by atoms with Crippen molar-refractivity contribution in [3.8, 4) is 91.5 Å². The number of hydrogen-bond acceptors (Lipinski definition) is 16. The Labute approximate surface area is 379 Å². The lowest BCUT2D eigenvalue weighted by Gasteiger charge is -2.21. The fourth-order valence-electron chi connectivity index (χ4n) is 7.27. The molecule has 9 heterocycles. The van der Waals surface area contributed by atoms with Crippen LogP contribution >= 0.6 is 0 Å². The highest BCUT2D eigenvalue weighted by atomic mass is 16.5. The van der Waals surface area contributed by atoms with Crippen LogP contribution in [0, 0.1) is 0 Å². The Hall–Kier alpha value is -8.02. The Morgan fingerprint density at radius 1 is 0.303 bits per heavy atom. The van der Waals surface area contributed by atoms with Crippen LogP contribution < -0.4 is 28.7 Å². The van der Waals surface area contributed by atoms with Gasteiger partial charge in [0.25, 0.3) is 0 Å². The topological polar surface area (TPSA) is 202 Å². The average molecular weight is 885 g/mol. The molecule has 8 aromatic rings. The fourth-order valence-corrected chi connectivity index (χ4v) is 7.27. The predicted octanol–water partition coefficient (Wildman–Crippen LogP) is 7.79. The van der Waals surface area contributed by atoms with Crippen molar-refractivity contribution in [3.63, 3.8) is 0 Å². The van der Waals surface area contributed by atoms with Crippen molar-refractivity contribution in [1.29, 1.82) is 0 Å². The number of hydrogen-bond donors (Lipinski definition) is 4. The van der Waals surface area contributed by atoms with Gasteiger partial charge in [-0.2, -0.15) is 19.9 Å². The van der Waals surface area contributed by atoms with Gasteiger partial charge in [-0.1, -0.05) is 84.9 Å². The van der Waals surface area contributed by atoms with Crippen molar-refractivity contribution >= 4 is 11.9 Å². The van der Waals surface area contributed by atoms with Crippen LogP contribution in [0.1, 0.15) is 0 Å². The van der Waals surface area contributed by atoms with Crippen LogP contribution in [0.4, 0.5) is 11.9 Å². The molecule has 0 unspecified atom stereocenters. The molecule has 7 aliphatic rings. The maximum Gasteiger partial charge on any atom is 0.330 e. The second-order valence-corrected chi connectivity index (χ2v) is 14.9.